The summed E-state index contributed by atoms with van der Waals surface area (Å²) in [5.74, 6) is -1.26. The maximum Gasteiger partial charge on any atom is 0.470 e. The lowest BCUT2D eigenvalue weighted by molar-refractivity contribution is -0.0779. The zero-order valence-corrected chi connectivity index (χ0v) is 17.3. The molecule has 3 aliphatic rings. The fourth-order valence-electron chi connectivity index (χ4n) is 3.73. The molecule has 1 saturated heterocycles. The van der Waals surface area contributed by atoms with Crippen LogP contribution in [0.2, 0.25) is 0 Å². The Kier molecular flexibility index (Phi) is 6.63. The number of nitrogens with zero attached hydrogens (tertiary/aromatic N) is 4. The molecule has 11 heteroatoms. The number of rotatable bonds is 5. The van der Waals surface area contributed by atoms with Crippen molar-refractivity contribution in [1.82, 2.24) is 20.2 Å². The van der Waals surface area contributed by atoms with Gasteiger partial charge in [0.2, 0.25) is 6.23 Å². The second kappa shape index (κ2) is 9.60. The molecule has 4 rings (SSSR count). The van der Waals surface area contributed by atoms with Crippen molar-refractivity contribution in [1.29, 1.82) is 0 Å². The number of carbonyl (C=O) groups is 1. The smallest absolute Gasteiger partial charge is 0.443 e. The molecule has 1 aromatic rings. The first-order chi connectivity index (χ1) is 15.4. The summed E-state index contributed by atoms with van der Waals surface area (Å²) in [6.07, 6.45) is 3.82. The summed E-state index contributed by atoms with van der Waals surface area (Å²) in [6.45, 7) is 2.99. The Balaban J connectivity index is 1.38. The summed E-state index contributed by atoms with van der Waals surface area (Å²) in [5, 5.41) is 3.22. The van der Waals surface area contributed by atoms with Crippen molar-refractivity contribution in [3.63, 3.8) is 0 Å². The molecule has 1 fully saturated rings. The summed E-state index contributed by atoms with van der Waals surface area (Å²) in [7, 11) is 0. The van der Waals surface area contributed by atoms with E-state index < -0.39 is 18.3 Å². The Bertz CT molecular complexity index is 898. The molecule has 0 radical (unpaired) electrons. The number of hydrogen-bond donors (Lipinski definition) is 1. The molecule has 172 valence electrons. The van der Waals surface area contributed by atoms with Gasteiger partial charge in [-0.05, 0) is 24.0 Å². The zero-order valence-electron chi connectivity index (χ0n) is 17.3. The van der Waals surface area contributed by atoms with Crippen LogP contribution < -0.4 is 5.43 Å². The third kappa shape index (κ3) is 5.39. The molecule has 8 nitrogen and oxygen atoms in total. The molecule has 2 amide bonds. The van der Waals surface area contributed by atoms with E-state index in [0.29, 0.717) is 51.4 Å². The minimum atomic E-state index is -4.63. The fraction of sp³-hybridized carbons (Fsp3) is 0.476. The lowest BCUT2D eigenvalue weighted by Gasteiger charge is -2.34. The van der Waals surface area contributed by atoms with E-state index in [4.69, 9.17) is 9.47 Å². The largest absolute Gasteiger partial charge is 0.470 e. The second-order valence-corrected chi connectivity index (χ2v) is 7.72. The second-order valence-electron chi connectivity index (χ2n) is 7.72. The van der Waals surface area contributed by atoms with Crippen LogP contribution in [-0.4, -0.2) is 72.0 Å². The van der Waals surface area contributed by atoms with Gasteiger partial charge in [0.05, 0.1) is 13.2 Å². The summed E-state index contributed by atoms with van der Waals surface area (Å²) >= 11 is 0. The average molecular weight is 451 g/mol. The summed E-state index contributed by atoms with van der Waals surface area (Å²) < 4.78 is 48.4. The van der Waals surface area contributed by atoms with Crippen LogP contribution >= 0.6 is 0 Å². The minimum Gasteiger partial charge on any atom is -0.443 e. The van der Waals surface area contributed by atoms with Crippen molar-refractivity contribution in [2.24, 2.45) is 11.0 Å². The first kappa shape index (κ1) is 22.1. The molecule has 0 saturated carbocycles. The van der Waals surface area contributed by atoms with Gasteiger partial charge in [-0.1, -0.05) is 24.3 Å². The Morgan fingerprint density at radius 3 is 2.75 bits per heavy atom. The molecular formula is C21H24F3N5O3. The highest BCUT2D eigenvalue weighted by molar-refractivity contribution is 5.83. The number of hydrazone groups is 1. The number of halogens is 3. The van der Waals surface area contributed by atoms with Gasteiger partial charge in [0.1, 0.15) is 0 Å². The van der Waals surface area contributed by atoms with Gasteiger partial charge in [-0.3, -0.25) is 10.4 Å². The molecule has 2 aliphatic heterocycles. The SMILES string of the molecule is O=C(N1CCOCC1)N(Cc1cccnc1)CC1C=CC(C2NN=C(C(F)(F)F)O2)=CC1. The van der Waals surface area contributed by atoms with E-state index >= 15 is 0 Å². The highest BCUT2D eigenvalue weighted by Gasteiger charge is 2.43. The number of ether oxygens (including phenoxy) is 2. The van der Waals surface area contributed by atoms with Gasteiger partial charge in [0.25, 0.3) is 0 Å². The number of hydrogen-bond acceptors (Lipinski definition) is 6. The molecule has 3 heterocycles. The highest BCUT2D eigenvalue weighted by atomic mass is 19.4. The van der Waals surface area contributed by atoms with Gasteiger partial charge in [-0.25, -0.2) is 4.79 Å². The standard InChI is InChI=1S/C21H24F3N5O3/c22-21(23,24)19-27-26-18(32-19)17-5-3-15(4-6-17)13-29(14-16-2-1-7-25-12-16)20(30)28-8-10-31-11-9-28/h1-3,5-7,12,15,18,26H,4,8-11,13-14H2. The van der Waals surface area contributed by atoms with E-state index in [1.807, 2.05) is 24.3 Å². The summed E-state index contributed by atoms with van der Waals surface area (Å²) in [5.41, 5.74) is 3.86. The zero-order chi connectivity index (χ0) is 22.6. The van der Waals surface area contributed by atoms with Crippen LogP contribution in [0.1, 0.15) is 12.0 Å². The molecule has 32 heavy (non-hydrogen) atoms. The maximum atomic E-state index is 13.2. The molecule has 0 spiro atoms. The van der Waals surface area contributed by atoms with Gasteiger partial charge in [-0.2, -0.15) is 13.2 Å². The normalized spacial score (nSPS) is 23.2. The number of urea groups is 1. The van der Waals surface area contributed by atoms with Crippen molar-refractivity contribution >= 4 is 11.9 Å². The monoisotopic (exact) mass is 451 g/mol. The third-order valence-corrected chi connectivity index (χ3v) is 5.38. The van der Waals surface area contributed by atoms with Crippen LogP contribution in [0.5, 0.6) is 0 Å². The van der Waals surface area contributed by atoms with E-state index in [1.165, 1.54) is 0 Å². The molecule has 2 atom stereocenters. The van der Waals surface area contributed by atoms with Crippen LogP contribution in [0, 0.1) is 5.92 Å². The van der Waals surface area contributed by atoms with Gasteiger partial charge in [0.15, 0.2) is 0 Å². The van der Waals surface area contributed by atoms with Crippen molar-refractivity contribution in [3.8, 4) is 0 Å². The molecule has 1 aromatic heterocycles. The molecule has 0 bridgehead atoms. The Hall–Kier alpha value is -3.08. The van der Waals surface area contributed by atoms with Crippen molar-refractivity contribution in [3.05, 3.63) is 53.9 Å². The molecule has 1 N–H and O–H groups in total. The topological polar surface area (TPSA) is 79.3 Å². The Morgan fingerprint density at radius 1 is 1.31 bits per heavy atom. The third-order valence-electron chi connectivity index (χ3n) is 5.38. The lowest BCUT2D eigenvalue weighted by atomic mass is 9.95. The minimum absolute atomic E-state index is 0.0184. The van der Waals surface area contributed by atoms with Crippen LogP contribution in [0.25, 0.3) is 0 Å². The fourth-order valence-corrected chi connectivity index (χ4v) is 3.73. The molecular weight excluding hydrogens is 427 g/mol. The van der Waals surface area contributed by atoms with Crippen molar-refractivity contribution < 1.29 is 27.4 Å². The van der Waals surface area contributed by atoms with Crippen LogP contribution in [-0.2, 0) is 16.0 Å². The van der Waals surface area contributed by atoms with E-state index in [-0.39, 0.29) is 11.9 Å². The van der Waals surface area contributed by atoms with Crippen molar-refractivity contribution in [2.45, 2.75) is 25.4 Å². The van der Waals surface area contributed by atoms with Crippen LogP contribution in [0.3, 0.4) is 0 Å². The molecule has 1 aliphatic carbocycles. The van der Waals surface area contributed by atoms with Crippen LogP contribution in [0.15, 0.2) is 53.4 Å². The molecule has 2 unspecified atom stereocenters. The number of allylic oxidation sites excluding steroid dienone is 1. The number of morpholine rings is 1. The Labute approximate surface area is 183 Å². The van der Waals surface area contributed by atoms with Gasteiger partial charge in [0, 0.05) is 44.1 Å². The Morgan fingerprint density at radius 2 is 2.12 bits per heavy atom. The van der Waals surface area contributed by atoms with Crippen LogP contribution in [0.4, 0.5) is 18.0 Å². The van der Waals surface area contributed by atoms with Gasteiger partial charge < -0.3 is 19.3 Å². The van der Waals surface area contributed by atoms with Gasteiger partial charge in [-0.15, -0.1) is 5.10 Å². The predicted octanol–water partition coefficient (Wildman–Crippen LogP) is 2.66. The van der Waals surface area contributed by atoms with E-state index in [2.05, 4.69) is 15.5 Å². The van der Waals surface area contributed by atoms with Gasteiger partial charge >= 0.3 is 18.1 Å². The maximum absolute atomic E-state index is 13.2. The number of carbonyl (C=O) groups excluding carboxylic acids is 1. The number of amides is 2. The molecule has 0 aromatic carbocycles. The summed E-state index contributed by atoms with van der Waals surface area (Å²) in [4.78, 5) is 20.9. The first-order valence-corrected chi connectivity index (χ1v) is 10.4. The van der Waals surface area contributed by atoms with E-state index in [0.717, 1.165) is 5.56 Å². The first-order valence-electron chi connectivity index (χ1n) is 10.4. The average Bonchev–Trinajstić information content (AvgIpc) is 3.31. The number of alkyl halides is 3. The van der Waals surface area contributed by atoms with E-state index in [1.54, 1.807) is 28.3 Å². The number of aromatic nitrogens is 1. The lowest BCUT2D eigenvalue weighted by Crippen LogP contribution is -2.49. The van der Waals surface area contributed by atoms with Crippen molar-refractivity contribution in [2.75, 3.05) is 32.8 Å². The summed E-state index contributed by atoms with van der Waals surface area (Å²) in [6, 6.07) is 3.68. The number of pyridine rings is 1. The van der Waals surface area contributed by atoms with E-state index in [9.17, 15) is 18.0 Å². The highest BCUT2D eigenvalue weighted by Crippen LogP contribution is 2.27. The quantitative estimate of drug-likeness (QED) is 0.745. The number of nitrogens with one attached hydrogen (secondary N) is 1. The predicted molar refractivity (Wildman–Crippen MR) is 109 cm³/mol.